The second-order valence-corrected chi connectivity index (χ2v) is 2.50. The van der Waals surface area contributed by atoms with Crippen LogP contribution in [0.15, 0.2) is 0 Å². The fourth-order valence-electron chi connectivity index (χ4n) is 0.979. The zero-order valence-electron chi connectivity index (χ0n) is 5.50. The van der Waals surface area contributed by atoms with E-state index >= 15 is 0 Å². The van der Waals surface area contributed by atoms with Crippen LogP contribution in [0.4, 0.5) is 0 Å². The van der Waals surface area contributed by atoms with E-state index in [0.29, 0.717) is 6.04 Å². The Balaban J connectivity index is 2.21. The first kappa shape index (κ1) is 6.55. The topological polar surface area (TPSA) is 40.5 Å². The molecule has 3 heteroatoms. The van der Waals surface area contributed by atoms with Crippen molar-refractivity contribution in [3.05, 3.63) is 0 Å². The van der Waals surface area contributed by atoms with Gasteiger partial charge >= 0.3 is 5.97 Å². The molecule has 1 saturated heterocycles. The number of aliphatic carboxylic acids is 1. The van der Waals surface area contributed by atoms with Gasteiger partial charge < -0.3 is 5.11 Å². The molecule has 52 valence electrons. The van der Waals surface area contributed by atoms with Crippen molar-refractivity contribution in [3.63, 3.8) is 0 Å². The van der Waals surface area contributed by atoms with E-state index in [-0.39, 0.29) is 6.54 Å². The van der Waals surface area contributed by atoms with Crippen LogP contribution in [-0.4, -0.2) is 35.1 Å². The molecule has 3 nitrogen and oxygen atoms in total. The minimum Gasteiger partial charge on any atom is -0.480 e. The molecule has 1 aliphatic heterocycles. The summed E-state index contributed by atoms with van der Waals surface area (Å²) in [6.07, 6.45) is 1.15. The first-order valence-electron chi connectivity index (χ1n) is 3.16. The van der Waals surface area contributed by atoms with Crippen LogP contribution >= 0.6 is 0 Å². The van der Waals surface area contributed by atoms with Gasteiger partial charge in [0.15, 0.2) is 0 Å². The maximum absolute atomic E-state index is 10.1. The summed E-state index contributed by atoms with van der Waals surface area (Å²) < 4.78 is 0. The predicted octanol–water partition coefficient (Wildman–Crippen LogP) is 0.165. The molecule has 9 heavy (non-hydrogen) atoms. The van der Waals surface area contributed by atoms with Gasteiger partial charge in [0.2, 0.25) is 0 Å². The summed E-state index contributed by atoms with van der Waals surface area (Å²) in [5.74, 6) is -0.721. The molecule has 1 fully saturated rings. The molecule has 1 heterocycles. The molecule has 0 aromatic carbocycles. The molecule has 1 N–H and O–H groups in total. The molecular weight excluding hydrogens is 118 g/mol. The Morgan fingerprint density at radius 3 is 2.67 bits per heavy atom. The van der Waals surface area contributed by atoms with Crippen LogP contribution in [0.2, 0.25) is 0 Å². The van der Waals surface area contributed by atoms with Crippen LogP contribution in [-0.2, 0) is 4.79 Å². The Hall–Kier alpha value is -0.570. The van der Waals surface area contributed by atoms with Gasteiger partial charge in [-0.05, 0) is 13.3 Å². The summed E-state index contributed by atoms with van der Waals surface area (Å²) in [7, 11) is 0. The standard InChI is InChI=1S/C6H11NO2/c1-5-2-3-7(5)4-6(8)9/h5H,2-4H2,1H3,(H,8,9)/t5-/m1/s1. The molecule has 0 bridgehead atoms. The number of rotatable bonds is 2. The van der Waals surface area contributed by atoms with Gasteiger partial charge in [0, 0.05) is 12.6 Å². The number of hydrogen-bond acceptors (Lipinski definition) is 2. The van der Waals surface area contributed by atoms with Crippen molar-refractivity contribution in [1.29, 1.82) is 0 Å². The summed E-state index contributed by atoms with van der Waals surface area (Å²) in [6, 6.07) is 0.487. The van der Waals surface area contributed by atoms with Gasteiger partial charge in [0.25, 0.3) is 0 Å². The molecule has 0 amide bonds. The normalized spacial score (nSPS) is 27.4. The van der Waals surface area contributed by atoms with Gasteiger partial charge in [0.05, 0.1) is 6.54 Å². The van der Waals surface area contributed by atoms with Crippen molar-refractivity contribution < 1.29 is 9.90 Å². The van der Waals surface area contributed by atoms with Crippen molar-refractivity contribution in [2.75, 3.05) is 13.1 Å². The van der Waals surface area contributed by atoms with Crippen LogP contribution in [0.1, 0.15) is 13.3 Å². The number of likely N-dealkylation sites (tertiary alicyclic amines) is 1. The molecule has 0 saturated carbocycles. The van der Waals surface area contributed by atoms with Gasteiger partial charge in [-0.3, -0.25) is 9.69 Å². The third-order valence-electron chi connectivity index (χ3n) is 1.80. The molecular formula is C6H11NO2. The second-order valence-electron chi connectivity index (χ2n) is 2.50. The maximum atomic E-state index is 10.1. The summed E-state index contributed by atoms with van der Waals surface area (Å²) in [5, 5.41) is 8.32. The van der Waals surface area contributed by atoms with Crippen LogP contribution in [0.25, 0.3) is 0 Å². The Kier molecular flexibility index (Phi) is 1.71. The molecule has 0 spiro atoms. The monoisotopic (exact) mass is 129 g/mol. The average Bonchev–Trinajstić information content (AvgIpc) is 1.79. The van der Waals surface area contributed by atoms with Crippen LogP contribution in [0.3, 0.4) is 0 Å². The maximum Gasteiger partial charge on any atom is 0.317 e. The van der Waals surface area contributed by atoms with Gasteiger partial charge in [-0.2, -0.15) is 0 Å². The van der Waals surface area contributed by atoms with E-state index in [9.17, 15) is 4.79 Å². The highest BCUT2D eigenvalue weighted by molar-refractivity contribution is 5.69. The molecule has 1 atom stereocenters. The zero-order chi connectivity index (χ0) is 6.85. The molecule has 0 unspecified atom stereocenters. The molecule has 0 aromatic heterocycles. The smallest absolute Gasteiger partial charge is 0.317 e. The Labute approximate surface area is 54.3 Å². The first-order chi connectivity index (χ1) is 4.20. The number of nitrogens with zero attached hydrogens (tertiary/aromatic N) is 1. The number of hydrogen-bond donors (Lipinski definition) is 1. The Morgan fingerprint density at radius 2 is 2.56 bits per heavy atom. The van der Waals surface area contributed by atoms with E-state index < -0.39 is 5.97 Å². The summed E-state index contributed by atoms with van der Waals surface area (Å²) in [6.45, 7) is 3.21. The fraction of sp³-hybridized carbons (Fsp3) is 0.833. The first-order valence-corrected chi connectivity index (χ1v) is 3.16. The summed E-state index contributed by atoms with van der Waals surface area (Å²) in [4.78, 5) is 12.1. The largest absolute Gasteiger partial charge is 0.480 e. The molecule has 0 radical (unpaired) electrons. The fourth-order valence-corrected chi connectivity index (χ4v) is 0.979. The lowest BCUT2D eigenvalue weighted by atomic mass is 10.1. The average molecular weight is 129 g/mol. The number of carbonyl (C=O) groups is 1. The summed E-state index contributed by atoms with van der Waals surface area (Å²) in [5.41, 5.74) is 0. The molecule has 1 rings (SSSR count). The van der Waals surface area contributed by atoms with Crippen molar-refractivity contribution in [2.24, 2.45) is 0 Å². The lowest BCUT2D eigenvalue weighted by Crippen LogP contribution is -2.47. The minimum atomic E-state index is -0.721. The molecule has 0 aliphatic carbocycles. The van der Waals surface area contributed by atoms with Crippen molar-refractivity contribution >= 4 is 5.97 Å². The van der Waals surface area contributed by atoms with E-state index in [1.807, 2.05) is 11.8 Å². The van der Waals surface area contributed by atoms with Gasteiger partial charge in [-0.1, -0.05) is 0 Å². The molecule has 0 aromatic rings. The van der Waals surface area contributed by atoms with E-state index in [2.05, 4.69) is 0 Å². The SMILES string of the molecule is C[C@@H]1CCN1CC(=O)O. The van der Waals surface area contributed by atoms with Crippen molar-refractivity contribution in [1.82, 2.24) is 4.90 Å². The number of carboxylic acid groups (broad SMARTS) is 1. The highest BCUT2D eigenvalue weighted by atomic mass is 16.4. The van der Waals surface area contributed by atoms with E-state index in [0.717, 1.165) is 13.0 Å². The van der Waals surface area contributed by atoms with Crippen molar-refractivity contribution in [2.45, 2.75) is 19.4 Å². The Morgan fingerprint density at radius 1 is 1.89 bits per heavy atom. The van der Waals surface area contributed by atoms with Crippen LogP contribution in [0.5, 0.6) is 0 Å². The highest BCUT2D eigenvalue weighted by Gasteiger charge is 2.24. The van der Waals surface area contributed by atoms with Gasteiger partial charge in [-0.25, -0.2) is 0 Å². The summed E-state index contributed by atoms with van der Waals surface area (Å²) >= 11 is 0. The highest BCUT2D eigenvalue weighted by Crippen LogP contribution is 2.14. The van der Waals surface area contributed by atoms with Gasteiger partial charge in [-0.15, -0.1) is 0 Å². The zero-order valence-corrected chi connectivity index (χ0v) is 5.50. The van der Waals surface area contributed by atoms with E-state index in [1.165, 1.54) is 0 Å². The van der Waals surface area contributed by atoms with Crippen LogP contribution < -0.4 is 0 Å². The van der Waals surface area contributed by atoms with E-state index in [4.69, 9.17) is 5.11 Å². The lowest BCUT2D eigenvalue weighted by molar-refractivity contribution is -0.140. The molecule has 1 aliphatic rings. The van der Waals surface area contributed by atoms with Crippen molar-refractivity contribution in [3.8, 4) is 0 Å². The quantitative estimate of drug-likeness (QED) is 0.577. The lowest BCUT2D eigenvalue weighted by Gasteiger charge is -2.37. The Bertz CT molecular complexity index is 124. The van der Waals surface area contributed by atoms with Crippen LogP contribution in [0, 0.1) is 0 Å². The predicted molar refractivity (Wildman–Crippen MR) is 33.3 cm³/mol. The minimum absolute atomic E-state index is 0.209. The van der Waals surface area contributed by atoms with E-state index in [1.54, 1.807) is 0 Å². The third-order valence-corrected chi connectivity index (χ3v) is 1.80. The third kappa shape index (κ3) is 1.42. The number of carboxylic acids is 1. The second kappa shape index (κ2) is 2.35. The van der Waals surface area contributed by atoms with Gasteiger partial charge in [0.1, 0.15) is 0 Å².